The van der Waals surface area contributed by atoms with E-state index in [1.54, 1.807) is 7.11 Å². The molecule has 1 heterocycles. The van der Waals surface area contributed by atoms with Gasteiger partial charge in [-0.2, -0.15) is 0 Å². The number of amides is 2. The van der Waals surface area contributed by atoms with E-state index in [9.17, 15) is 14.4 Å². The Morgan fingerprint density at radius 3 is 2.48 bits per heavy atom. The minimum absolute atomic E-state index is 0.0271. The van der Waals surface area contributed by atoms with E-state index in [0.29, 0.717) is 0 Å². The van der Waals surface area contributed by atoms with Crippen LogP contribution in [0.3, 0.4) is 0 Å². The van der Waals surface area contributed by atoms with Crippen LogP contribution in [0, 0.1) is 5.92 Å². The topological polar surface area (TPSA) is 89.7 Å². The number of methoxy groups -OCH3 is 1. The van der Waals surface area contributed by atoms with Crippen LogP contribution in [-0.4, -0.2) is 31.3 Å². The molecule has 1 saturated heterocycles. The maximum absolute atomic E-state index is 12.2. The Bertz CT molecular complexity index is 861. The third-order valence-electron chi connectivity index (χ3n) is 4.82. The van der Waals surface area contributed by atoms with Gasteiger partial charge >= 0.3 is 0 Å². The molecule has 0 radical (unpaired) electrons. The lowest BCUT2D eigenvalue weighted by Gasteiger charge is -2.16. The predicted molar refractivity (Wildman–Crippen MR) is 102 cm³/mol. The molecule has 1 unspecified atom stereocenters. The fraction of sp³-hybridized carbons (Fsp3) is 0.286. The number of aryl methyl sites for hydroxylation is 2. The van der Waals surface area contributed by atoms with E-state index < -0.39 is 17.6 Å². The number of anilines is 1. The highest BCUT2D eigenvalue weighted by molar-refractivity contribution is 6.37. The van der Waals surface area contributed by atoms with E-state index in [0.717, 1.165) is 29.8 Å². The number of carbonyl (C=O) groups excluding carboxylic acids is 3. The Hall–Kier alpha value is -3.15. The molecule has 2 N–H and O–H groups in total. The molecule has 0 aliphatic carbocycles. The molecule has 6 nitrogen and oxygen atoms in total. The van der Waals surface area contributed by atoms with Crippen molar-refractivity contribution in [2.45, 2.75) is 19.3 Å². The average Bonchev–Trinajstić information content (AvgIpc) is 3.07. The molecule has 6 heteroatoms. The van der Waals surface area contributed by atoms with E-state index in [1.165, 1.54) is 10.5 Å². The standard InChI is InChI=1S/C21H22N2O4/c1-27-18-4-2-3-15(11-18)6-5-14-7-9-17(10-8-14)23-13-16(12-19(23)24)20(25)21(22)26/h2-4,7-11,16H,5-6,12-13H2,1H3,(H2,22,26). The zero-order valence-electron chi connectivity index (χ0n) is 15.2. The van der Waals surface area contributed by atoms with Crippen LogP contribution in [0.5, 0.6) is 5.75 Å². The van der Waals surface area contributed by atoms with E-state index in [-0.39, 0.29) is 18.9 Å². The van der Waals surface area contributed by atoms with Crippen LogP contribution in [-0.2, 0) is 27.2 Å². The van der Waals surface area contributed by atoms with Crippen molar-refractivity contribution in [3.63, 3.8) is 0 Å². The van der Waals surface area contributed by atoms with Crippen LogP contribution < -0.4 is 15.4 Å². The second kappa shape index (κ2) is 8.03. The smallest absolute Gasteiger partial charge is 0.285 e. The summed E-state index contributed by atoms with van der Waals surface area (Å²) in [5.74, 6) is -1.64. The summed E-state index contributed by atoms with van der Waals surface area (Å²) in [5.41, 5.74) is 8.11. The van der Waals surface area contributed by atoms with E-state index in [2.05, 4.69) is 6.07 Å². The lowest BCUT2D eigenvalue weighted by Crippen LogP contribution is -2.32. The van der Waals surface area contributed by atoms with E-state index in [1.807, 2.05) is 42.5 Å². The Labute approximate surface area is 157 Å². The van der Waals surface area contributed by atoms with E-state index >= 15 is 0 Å². The van der Waals surface area contributed by atoms with Crippen molar-refractivity contribution in [2.24, 2.45) is 11.7 Å². The van der Waals surface area contributed by atoms with Crippen molar-refractivity contribution >= 4 is 23.3 Å². The number of primary amides is 1. The lowest BCUT2D eigenvalue weighted by molar-refractivity contribution is -0.138. The molecule has 27 heavy (non-hydrogen) atoms. The van der Waals surface area contributed by atoms with Crippen LogP contribution in [0.4, 0.5) is 5.69 Å². The first-order valence-corrected chi connectivity index (χ1v) is 8.84. The molecular formula is C21H22N2O4. The van der Waals surface area contributed by atoms with Gasteiger partial charge in [-0.25, -0.2) is 0 Å². The molecule has 0 spiro atoms. The van der Waals surface area contributed by atoms with Crippen molar-refractivity contribution in [1.29, 1.82) is 0 Å². The molecule has 3 rings (SSSR count). The largest absolute Gasteiger partial charge is 0.497 e. The van der Waals surface area contributed by atoms with Gasteiger partial charge in [0, 0.05) is 18.7 Å². The molecule has 1 fully saturated rings. The number of nitrogens with two attached hydrogens (primary N) is 1. The number of hydrogen-bond donors (Lipinski definition) is 1. The number of Topliss-reactive ketones (excluding diaryl/α,β-unsaturated/α-hetero) is 1. The number of ketones is 1. The van der Waals surface area contributed by atoms with Gasteiger partial charge < -0.3 is 15.4 Å². The van der Waals surface area contributed by atoms with Crippen molar-refractivity contribution in [3.8, 4) is 5.75 Å². The van der Waals surface area contributed by atoms with Gasteiger partial charge in [0.15, 0.2) is 0 Å². The van der Waals surface area contributed by atoms with Gasteiger partial charge in [-0.15, -0.1) is 0 Å². The van der Waals surface area contributed by atoms with Crippen LogP contribution in [0.25, 0.3) is 0 Å². The highest BCUT2D eigenvalue weighted by Crippen LogP contribution is 2.26. The molecule has 2 amide bonds. The van der Waals surface area contributed by atoms with Crippen LogP contribution in [0.1, 0.15) is 17.5 Å². The van der Waals surface area contributed by atoms with Gasteiger partial charge in [0.25, 0.3) is 5.91 Å². The van der Waals surface area contributed by atoms with Gasteiger partial charge in [0.2, 0.25) is 11.7 Å². The fourth-order valence-electron chi connectivity index (χ4n) is 3.29. The van der Waals surface area contributed by atoms with Gasteiger partial charge in [-0.05, 0) is 48.2 Å². The first-order valence-electron chi connectivity index (χ1n) is 8.84. The normalized spacial score (nSPS) is 16.4. The molecule has 1 aliphatic rings. The summed E-state index contributed by atoms with van der Waals surface area (Å²) in [4.78, 5) is 36.5. The number of hydrogen-bond acceptors (Lipinski definition) is 4. The maximum atomic E-state index is 12.2. The Morgan fingerprint density at radius 2 is 1.81 bits per heavy atom. The molecule has 0 aromatic heterocycles. The van der Waals surface area contributed by atoms with Crippen molar-refractivity contribution < 1.29 is 19.1 Å². The summed E-state index contributed by atoms with van der Waals surface area (Å²) in [6.45, 7) is 0.198. The highest BCUT2D eigenvalue weighted by atomic mass is 16.5. The number of carbonyl (C=O) groups is 3. The lowest BCUT2D eigenvalue weighted by atomic mass is 10.0. The maximum Gasteiger partial charge on any atom is 0.285 e. The van der Waals surface area contributed by atoms with Crippen LogP contribution >= 0.6 is 0 Å². The zero-order chi connectivity index (χ0) is 19.4. The first-order chi connectivity index (χ1) is 13.0. The molecular weight excluding hydrogens is 344 g/mol. The van der Waals surface area contributed by atoms with Crippen LogP contribution in [0.15, 0.2) is 48.5 Å². The minimum atomic E-state index is -0.984. The molecule has 0 bridgehead atoms. The molecule has 2 aromatic carbocycles. The predicted octanol–water partition coefficient (Wildman–Crippen LogP) is 1.89. The molecule has 0 saturated carbocycles. The third kappa shape index (κ3) is 4.34. The summed E-state index contributed by atoms with van der Waals surface area (Å²) < 4.78 is 5.24. The summed E-state index contributed by atoms with van der Waals surface area (Å²) in [5, 5.41) is 0. The summed E-state index contributed by atoms with van der Waals surface area (Å²) in [6.07, 6.45) is 1.78. The van der Waals surface area contributed by atoms with Crippen molar-refractivity contribution in [2.75, 3.05) is 18.6 Å². The zero-order valence-corrected chi connectivity index (χ0v) is 15.2. The molecule has 140 valence electrons. The number of nitrogens with zero attached hydrogens (tertiary/aromatic N) is 1. The Morgan fingerprint density at radius 1 is 1.11 bits per heavy atom. The number of rotatable bonds is 7. The quantitative estimate of drug-likeness (QED) is 0.758. The van der Waals surface area contributed by atoms with Gasteiger partial charge in [-0.1, -0.05) is 24.3 Å². The molecule has 1 atom stereocenters. The minimum Gasteiger partial charge on any atom is -0.497 e. The Kier molecular flexibility index (Phi) is 5.54. The molecule has 1 aliphatic heterocycles. The van der Waals surface area contributed by atoms with E-state index in [4.69, 9.17) is 10.5 Å². The first kappa shape index (κ1) is 18.6. The van der Waals surface area contributed by atoms with Crippen molar-refractivity contribution in [3.05, 3.63) is 59.7 Å². The summed E-state index contributed by atoms with van der Waals surface area (Å²) >= 11 is 0. The fourth-order valence-corrected chi connectivity index (χ4v) is 3.29. The third-order valence-corrected chi connectivity index (χ3v) is 4.82. The van der Waals surface area contributed by atoms with Crippen molar-refractivity contribution in [1.82, 2.24) is 0 Å². The highest BCUT2D eigenvalue weighted by Gasteiger charge is 2.36. The van der Waals surface area contributed by atoms with Crippen LogP contribution in [0.2, 0.25) is 0 Å². The monoisotopic (exact) mass is 366 g/mol. The van der Waals surface area contributed by atoms with Gasteiger partial charge in [-0.3, -0.25) is 14.4 Å². The van der Waals surface area contributed by atoms with Gasteiger partial charge in [0.05, 0.1) is 13.0 Å². The molecule has 2 aromatic rings. The second-order valence-electron chi connectivity index (χ2n) is 6.65. The number of benzene rings is 2. The average molecular weight is 366 g/mol. The number of ether oxygens (including phenoxy) is 1. The SMILES string of the molecule is COc1cccc(CCc2ccc(N3CC(C(=O)C(N)=O)CC3=O)cc2)c1. The van der Waals surface area contributed by atoms with Gasteiger partial charge in [0.1, 0.15) is 5.75 Å². The summed E-state index contributed by atoms with van der Waals surface area (Å²) in [6, 6.07) is 15.7. The Balaban J connectivity index is 1.62. The second-order valence-corrected chi connectivity index (χ2v) is 6.65. The summed E-state index contributed by atoms with van der Waals surface area (Å²) in [7, 11) is 1.65.